The molecular formula is C21H29NO2. The van der Waals surface area contributed by atoms with E-state index >= 15 is 0 Å². The van der Waals surface area contributed by atoms with Gasteiger partial charge < -0.3 is 5.32 Å². The van der Waals surface area contributed by atoms with E-state index in [1.54, 1.807) is 24.3 Å². The molecule has 0 unspecified atom stereocenters. The number of allylic oxidation sites excluding steroid dienone is 2. The van der Waals surface area contributed by atoms with Gasteiger partial charge in [0.15, 0.2) is 5.78 Å². The van der Waals surface area contributed by atoms with Gasteiger partial charge in [0.05, 0.1) is 5.70 Å². The maximum atomic E-state index is 12.4. The zero-order chi connectivity index (χ0) is 17.2. The molecule has 24 heavy (non-hydrogen) atoms. The van der Waals surface area contributed by atoms with Crippen LogP contribution in [-0.2, 0) is 0 Å². The van der Waals surface area contributed by atoms with Crippen LogP contribution in [0.1, 0.15) is 85.4 Å². The van der Waals surface area contributed by atoms with Crippen LogP contribution >= 0.6 is 0 Å². The third-order valence-corrected chi connectivity index (χ3v) is 4.55. The van der Waals surface area contributed by atoms with Crippen LogP contribution in [0.4, 0.5) is 0 Å². The molecule has 1 aromatic carbocycles. The zero-order valence-electron chi connectivity index (χ0n) is 14.8. The van der Waals surface area contributed by atoms with Crippen LogP contribution < -0.4 is 5.32 Å². The Bertz CT molecular complexity index is 589. The van der Waals surface area contributed by atoms with Crippen molar-refractivity contribution in [2.75, 3.05) is 6.54 Å². The number of ketones is 2. The summed E-state index contributed by atoms with van der Waals surface area (Å²) in [5.41, 5.74) is 1.47. The molecule has 1 aromatic rings. The van der Waals surface area contributed by atoms with Crippen molar-refractivity contribution in [1.29, 1.82) is 0 Å². The van der Waals surface area contributed by atoms with Gasteiger partial charge in [0, 0.05) is 23.7 Å². The Morgan fingerprint density at radius 1 is 0.792 bits per heavy atom. The lowest BCUT2D eigenvalue weighted by molar-refractivity contribution is 0.0978. The fraction of sp³-hybridized carbons (Fsp3) is 0.524. The van der Waals surface area contributed by atoms with Gasteiger partial charge in [0.2, 0.25) is 5.78 Å². The standard InChI is InChI=1S/C21H29NO2/c1-2-3-4-5-6-7-8-9-12-15-22-19-16-20(23)17-13-10-11-14-18(17)21(19)24/h10-11,13-14,16,22H,2-9,12,15H2,1H3. The van der Waals surface area contributed by atoms with Gasteiger partial charge in [-0.25, -0.2) is 0 Å². The molecule has 0 spiro atoms. The molecule has 0 amide bonds. The first kappa shape index (κ1) is 18.4. The summed E-state index contributed by atoms with van der Waals surface area (Å²) in [6.07, 6.45) is 12.9. The van der Waals surface area contributed by atoms with Gasteiger partial charge in [0.1, 0.15) is 0 Å². The summed E-state index contributed by atoms with van der Waals surface area (Å²) < 4.78 is 0. The number of carbonyl (C=O) groups excluding carboxylic acids is 2. The average molecular weight is 327 g/mol. The summed E-state index contributed by atoms with van der Waals surface area (Å²) in [5.74, 6) is -0.152. The van der Waals surface area contributed by atoms with Crippen LogP contribution in [0.15, 0.2) is 36.0 Å². The van der Waals surface area contributed by atoms with Gasteiger partial charge in [-0.3, -0.25) is 9.59 Å². The van der Waals surface area contributed by atoms with E-state index in [1.165, 1.54) is 57.4 Å². The third-order valence-electron chi connectivity index (χ3n) is 4.55. The quantitative estimate of drug-likeness (QED) is 0.577. The Kier molecular flexibility index (Phi) is 7.73. The number of Topliss-reactive ketones (excluding diaryl/α,β-unsaturated/α-hetero) is 1. The minimum Gasteiger partial charge on any atom is -0.382 e. The SMILES string of the molecule is CCCCCCCCCCCNC1=CC(=O)c2ccccc2C1=O. The highest BCUT2D eigenvalue weighted by atomic mass is 16.1. The Morgan fingerprint density at radius 3 is 2.04 bits per heavy atom. The summed E-state index contributed by atoms with van der Waals surface area (Å²) in [4.78, 5) is 24.4. The molecule has 0 saturated carbocycles. The van der Waals surface area contributed by atoms with Crippen molar-refractivity contribution in [2.45, 2.75) is 64.7 Å². The van der Waals surface area contributed by atoms with E-state index in [0.29, 0.717) is 16.8 Å². The lowest BCUT2D eigenvalue weighted by Crippen LogP contribution is -2.27. The molecule has 3 heteroatoms. The van der Waals surface area contributed by atoms with E-state index in [9.17, 15) is 9.59 Å². The molecular weight excluding hydrogens is 298 g/mol. The molecule has 0 heterocycles. The van der Waals surface area contributed by atoms with Gasteiger partial charge in [-0.05, 0) is 6.42 Å². The topological polar surface area (TPSA) is 46.2 Å². The van der Waals surface area contributed by atoms with Gasteiger partial charge in [0.25, 0.3) is 0 Å². The van der Waals surface area contributed by atoms with Crippen molar-refractivity contribution in [3.05, 3.63) is 47.2 Å². The molecule has 0 aromatic heterocycles. The van der Waals surface area contributed by atoms with Gasteiger partial charge in [-0.2, -0.15) is 0 Å². The molecule has 0 saturated heterocycles. The summed E-state index contributed by atoms with van der Waals surface area (Å²) in [5, 5.41) is 3.15. The number of nitrogens with one attached hydrogen (secondary N) is 1. The van der Waals surface area contributed by atoms with E-state index in [4.69, 9.17) is 0 Å². The molecule has 130 valence electrons. The molecule has 2 rings (SSSR count). The summed E-state index contributed by atoms with van der Waals surface area (Å²) in [6, 6.07) is 7.03. The zero-order valence-corrected chi connectivity index (χ0v) is 14.8. The van der Waals surface area contributed by atoms with Crippen molar-refractivity contribution in [3.63, 3.8) is 0 Å². The number of carbonyl (C=O) groups is 2. The minimum atomic E-state index is -0.0835. The number of hydrogen-bond acceptors (Lipinski definition) is 3. The second-order valence-corrected chi connectivity index (χ2v) is 6.55. The van der Waals surface area contributed by atoms with Crippen molar-refractivity contribution in [1.82, 2.24) is 5.32 Å². The maximum Gasteiger partial charge on any atom is 0.209 e. The van der Waals surface area contributed by atoms with Crippen molar-refractivity contribution in [3.8, 4) is 0 Å². The Morgan fingerprint density at radius 2 is 1.38 bits per heavy atom. The maximum absolute atomic E-state index is 12.4. The van der Waals surface area contributed by atoms with Crippen LogP contribution in [0.5, 0.6) is 0 Å². The van der Waals surface area contributed by atoms with E-state index in [1.807, 2.05) is 0 Å². The second kappa shape index (κ2) is 10.1. The summed E-state index contributed by atoms with van der Waals surface area (Å²) in [6.45, 7) is 2.99. The van der Waals surface area contributed by atoms with Gasteiger partial charge in [-0.1, -0.05) is 82.6 Å². The second-order valence-electron chi connectivity index (χ2n) is 6.55. The summed E-state index contributed by atoms with van der Waals surface area (Å²) in [7, 11) is 0. The first-order valence-corrected chi connectivity index (χ1v) is 9.37. The third kappa shape index (κ3) is 5.33. The predicted octanol–water partition coefficient (Wildman–Crippen LogP) is 5.07. The first-order valence-electron chi connectivity index (χ1n) is 9.37. The number of unbranched alkanes of at least 4 members (excludes halogenated alkanes) is 8. The molecule has 0 atom stereocenters. The van der Waals surface area contributed by atoms with E-state index in [-0.39, 0.29) is 11.6 Å². The molecule has 0 radical (unpaired) electrons. The molecule has 3 nitrogen and oxygen atoms in total. The average Bonchev–Trinajstić information content (AvgIpc) is 2.60. The Labute approximate surface area is 145 Å². The largest absolute Gasteiger partial charge is 0.382 e. The highest BCUT2D eigenvalue weighted by molar-refractivity contribution is 6.24. The van der Waals surface area contributed by atoms with Crippen molar-refractivity contribution >= 4 is 11.6 Å². The molecule has 0 fully saturated rings. The summed E-state index contributed by atoms with van der Waals surface area (Å²) >= 11 is 0. The molecule has 0 bridgehead atoms. The number of hydrogen-bond donors (Lipinski definition) is 1. The highest BCUT2D eigenvalue weighted by Gasteiger charge is 2.24. The van der Waals surface area contributed by atoms with Crippen molar-refractivity contribution in [2.24, 2.45) is 0 Å². The Hall–Kier alpha value is -1.90. The first-order chi connectivity index (χ1) is 11.7. The molecule has 1 N–H and O–H groups in total. The highest BCUT2D eigenvalue weighted by Crippen LogP contribution is 2.19. The fourth-order valence-electron chi connectivity index (χ4n) is 3.11. The van der Waals surface area contributed by atoms with Crippen LogP contribution in [0.25, 0.3) is 0 Å². The van der Waals surface area contributed by atoms with E-state index in [2.05, 4.69) is 12.2 Å². The van der Waals surface area contributed by atoms with Gasteiger partial charge >= 0.3 is 0 Å². The van der Waals surface area contributed by atoms with E-state index < -0.39 is 0 Å². The Balaban J connectivity index is 1.63. The molecule has 1 aliphatic carbocycles. The van der Waals surface area contributed by atoms with Crippen LogP contribution in [0.2, 0.25) is 0 Å². The number of rotatable bonds is 11. The minimum absolute atomic E-state index is 0.0684. The lowest BCUT2D eigenvalue weighted by Gasteiger charge is -2.16. The van der Waals surface area contributed by atoms with Gasteiger partial charge in [-0.15, -0.1) is 0 Å². The normalized spacial score (nSPS) is 13.6. The van der Waals surface area contributed by atoms with Crippen LogP contribution in [0, 0.1) is 0 Å². The molecule has 1 aliphatic rings. The lowest BCUT2D eigenvalue weighted by atomic mass is 9.93. The smallest absolute Gasteiger partial charge is 0.209 e. The number of benzene rings is 1. The fourth-order valence-corrected chi connectivity index (χ4v) is 3.11. The van der Waals surface area contributed by atoms with Crippen LogP contribution in [-0.4, -0.2) is 18.1 Å². The van der Waals surface area contributed by atoms with Crippen molar-refractivity contribution < 1.29 is 9.59 Å². The van der Waals surface area contributed by atoms with E-state index in [0.717, 1.165) is 13.0 Å². The number of fused-ring (bicyclic) bond motifs is 1. The monoisotopic (exact) mass is 327 g/mol. The molecule has 0 aliphatic heterocycles. The predicted molar refractivity (Wildman–Crippen MR) is 98.4 cm³/mol. The van der Waals surface area contributed by atoms with Crippen LogP contribution in [0.3, 0.4) is 0 Å².